The monoisotopic (exact) mass is 305 g/mol. The molecule has 122 valence electrons. The molecule has 5 nitrogen and oxygen atoms in total. The minimum absolute atomic E-state index is 0.266. The van der Waals surface area contributed by atoms with Crippen LogP contribution in [0.15, 0.2) is 30.3 Å². The number of carbonyl (C=O) groups excluding carboxylic acids is 1. The number of hydrogen-bond donors (Lipinski definition) is 3. The molecule has 0 spiro atoms. The Labute approximate surface area is 132 Å². The number of aliphatic hydroxyl groups excluding tert-OH is 1. The van der Waals surface area contributed by atoms with Gasteiger partial charge in [-0.1, -0.05) is 30.3 Å². The molecule has 0 aliphatic carbocycles. The Kier molecular flexibility index (Phi) is 6.36. The summed E-state index contributed by atoms with van der Waals surface area (Å²) >= 11 is 0. The number of aliphatic hydroxyl groups is 1. The van der Waals surface area contributed by atoms with E-state index in [0.717, 1.165) is 38.0 Å². The number of piperidine rings is 1. The average Bonchev–Trinajstić information content (AvgIpc) is 2.54. The van der Waals surface area contributed by atoms with Gasteiger partial charge >= 0.3 is 0 Å². The van der Waals surface area contributed by atoms with Gasteiger partial charge in [-0.25, -0.2) is 0 Å². The number of primary amides is 1. The highest BCUT2D eigenvalue weighted by Crippen LogP contribution is 2.20. The second-order valence-electron chi connectivity index (χ2n) is 6.20. The Morgan fingerprint density at radius 1 is 1.36 bits per heavy atom. The Balaban J connectivity index is 1.70. The predicted octanol–water partition coefficient (Wildman–Crippen LogP) is 0.895. The van der Waals surface area contributed by atoms with Gasteiger partial charge in [-0.15, -0.1) is 0 Å². The zero-order valence-electron chi connectivity index (χ0n) is 13.2. The largest absolute Gasteiger partial charge is 0.387 e. The molecule has 22 heavy (non-hydrogen) atoms. The number of likely N-dealkylation sites (tertiary alicyclic amines) is 1. The van der Waals surface area contributed by atoms with Gasteiger partial charge in [-0.2, -0.15) is 0 Å². The van der Waals surface area contributed by atoms with E-state index in [9.17, 15) is 9.90 Å². The fourth-order valence-electron chi connectivity index (χ4n) is 2.84. The summed E-state index contributed by atoms with van der Waals surface area (Å²) in [6, 6.07) is 9.53. The van der Waals surface area contributed by atoms with E-state index in [0.29, 0.717) is 12.5 Å². The fourth-order valence-corrected chi connectivity index (χ4v) is 2.84. The molecule has 1 aromatic rings. The zero-order valence-corrected chi connectivity index (χ0v) is 13.2. The normalized spacial score (nSPS) is 19.7. The van der Waals surface area contributed by atoms with Crippen LogP contribution in [0, 0.1) is 5.92 Å². The number of benzene rings is 1. The number of nitrogens with two attached hydrogens (primary N) is 1. The lowest BCUT2D eigenvalue weighted by Gasteiger charge is -2.33. The lowest BCUT2D eigenvalue weighted by Crippen LogP contribution is -2.44. The first-order valence-electron chi connectivity index (χ1n) is 8.04. The SMILES string of the molecule is C[C@@H](NCC1CCN(C[C@H](O)c2ccccc2)CC1)C(N)=O. The zero-order chi connectivity index (χ0) is 15.9. The summed E-state index contributed by atoms with van der Waals surface area (Å²) in [4.78, 5) is 13.3. The van der Waals surface area contributed by atoms with Crippen LogP contribution in [-0.4, -0.2) is 48.1 Å². The molecule has 5 heteroatoms. The minimum Gasteiger partial charge on any atom is -0.387 e. The van der Waals surface area contributed by atoms with Gasteiger partial charge in [0, 0.05) is 6.54 Å². The number of hydrogen-bond acceptors (Lipinski definition) is 4. The molecule has 1 amide bonds. The van der Waals surface area contributed by atoms with Gasteiger partial charge < -0.3 is 21.1 Å². The number of nitrogens with zero attached hydrogens (tertiary/aromatic N) is 1. The number of β-amino-alcohol motifs (C(OH)–C–C–N with tert-alkyl or cyclic N) is 1. The summed E-state index contributed by atoms with van der Waals surface area (Å²) < 4.78 is 0. The molecule has 1 aromatic carbocycles. The van der Waals surface area contributed by atoms with E-state index in [1.165, 1.54) is 0 Å². The van der Waals surface area contributed by atoms with Crippen LogP contribution in [0.2, 0.25) is 0 Å². The van der Waals surface area contributed by atoms with E-state index in [4.69, 9.17) is 5.73 Å². The van der Waals surface area contributed by atoms with Crippen molar-refractivity contribution in [1.29, 1.82) is 0 Å². The molecule has 0 radical (unpaired) electrons. The van der Waals surface area contributed by atoms with Crippen LogP contribution in [0.4, 0.5) is 0 Å². The third-order valence-corrected chi connectivity index (χ3v) is 4.46. The van der Waals surface area contributed by atoms with Crippen LogP contribution in [0.25, 0.3) is 0 Å². The van der Waals surface area contributed by atoms with E-state index in [1.54, 1.807) is 6.92 Å². The summed E-state index contributed by atoms with van der Waals surface area (Å²) in [5, 5.41) is 13.5. The molecule has 2 atom stereocenters. The number of amides is 1. The minimum atomic E-state index is -0.425. The molecular weight excluding hydrogens is 278 g/mol. The quantitative estimate of drug-likeness (QED) is 0.699. The molecule has 4 N–H and O–H groups in total. The molecule has 0 bridgehead atoms. The van der Waals surface area contributed by atoms with Crippen LogP contribution in [0.5, 0.6) is 0 Å². The van der Waals surface area contributed by atoms with Gasteiger partial charge in [-0.3, -0.25) is 4.79 Å². The Hall–Kier alpha value is -1.43. The topological polar surface area (TPSA) is 78.6 Å². The first-order valence-corrected chi connectivity index (χ1v) is 8.04. The van der Waals surface area contributed by atoms with Crippen LogP contribution in [-0.2, 0) is 4.79 Å². The molecule has 0 aromatic heterocycles. The van der Waals surface area contributed by atoms with Gasteiger partial charge in [0.15, 0.2) is 0 Å². The standard InChI is InChI=1S/C17H27N3O2/c1-13(17(18)22)19-11-14-7-9-20(10-8-14)12-16(21)15-5-3-2-4-6-15/h2-6,13-14,16,19,21H,7-12H2,1H3,(H2,18,22)/t13-,16+/m1/s1. The average molecular weight is 305 g/mol. The van der Waals surface area contributed by atoms with Crippen molar-refractivity contribution in [1.82, 2.24) is 10.2 Å². The van der Waals surface area contributed by atoms with Crippen LogP contribution in [0.3, 0.4) is 0 Å². The first kappa shape index (κ1) is 16.9. The van der Waals surface area contributed by atoms with Crippen LogP contribution in [0.1, 0.15) is 31.4 Å². The summed E-state index contributed by atoms with van der Waals surface area (Å²) in [6.45, 7) is 5.29. The smallest absolute Gasteiger partial charge is 0.234 e. The molecular formula is C17H27N3O2. The third kappa shape index (κ3) is 5.09. The van der Waals surface area contributed by atoms with Crippen molar-refractivity contribution in [3.63, 3.8) is 0 Å². The molecule has 2 rings (SSSR count). The van der Waals surface area contributed by atoms with Crippen molar-refractivity contribution < 1.29 is 9.90 Å². The first-order chi connectivity index (χ1) is 10.6. The van der Waals surface area contributed by atoms with E-state index in [2.05, 4.69) is 10.2 Å². The highest BCUT2D eigenvalue weighted by atomic mass is 16.3. The molecule has 1 saturated heterocycles. The van der Waals surface area contributed by atoms with Gasteiger partial charge in [0.05, 0.1) is 12.1 Å². The predicted molar refractivity (Wildman–Crippen MR) is 87.2 cm³/mol. The molecule has 0 unspecified atom stereocenters. The summed E-state index contributed by atoms with van der Waals surface area (Å²) in [6.07, 6.45) is 1.74. The second kappa shape index (κ2) is 8.27. The van der Waals surface area contributed by atoms with Gasteiger partial charge in [0.25, 0.3) is 0 Å². The fraction of sp³-hybridized carbons (Fsp3) is 0.588. The third-order valence-electron chi connectivity index (χ3n) is 4.46. The maximum Gasteiger partial charge on any atom is 0.234 e. The number of rotatable bonds is 7. The van der Waals surface area contributed by atoms with Gasteiger partial charge in [-0.05, 0) is 50.9 Å². The van der Waals surface area contributed by atoms with Crippen molar-refractivity contribution in [2.75, 3.05) is 26.2 Å². The van der Waals surface area contributed by atoms with Crippen molar-refractivity contribution >= 4 is 5.91 Å². The lowest BCUT2D eigenvalue weighted by atomic mass is 9.96. The van der Waals surface area contributed by atoms with E-state index in [-0.39, 0.29) is 11.9 Å². The highest BCUT2D eigenvalue weighted by molar-refractivity contribution is 5.79. The Bertz CT molecular complexity index is 458. The van der Waals surface area contributed by atoms with E-state index < -0.39 is 6.10 Å². The van der Waals surface area contributed by atoms with E-state index >= 15 is 0 Å². The van der Waals surface area contributed by atoms with Crippen LogP contribution >= 0.6 is 0 Å². The molecule has 1 aliphatic rings. The molecule has 0 saturated carbocycles. The van der Waals surface area contributed by atoms with Crippen molar-refractivity contribution in [2.24, 2.45) is 11.7 Å². The highest BCUT2D eigenvalue weighted by Gasteiger charge is 2.22. The summed E-state index contributed by atoms with van der Waals surface area (Å²) in [7, 11) is 0. The number of carbonyl (C=O) groups is 1. The van der Waals surface area contributed by atoms with Crippen LogP contribution < -0.4 is 11.1 Å². The summed E-state index contributed by atoms with van der Waals surface area (Å²) in [5.74, 6) is 0.273. The van der Waals surface area contributed by atoms with Gasteiger partial charge in [0.2, 0.25) is 5.91 Å². The molecule has 1 fully saturated rings. The summed E-state index contributed by atoms with van der Waals surface area (Å²) in [5.41, 5.74) is 6.22. The van der Waals surface area contributed by atoms with Crippen molar-refractivity contribution in [2.45, 2.75) is 31.9 Å². The second-order valence-corrected chi connectivity index (χ2v) is 6.20. The van der Waals surface area contributed by atoms with Crippen molar-refractivity contribution in [3.05, 3.63) is 35.9 Å². The maximum atomic E-state index is 11.0. The Morgan fingerprint density at radius 2 is 2.00 bits per heavy atom. The molecule has 1 aliphatic heterocycles. The molecule has 1 heterocycles. The maximum absolute atomic E-state index is 11.0. The van der Waals surface area contributed by atoms with E-state index in [1.807, 2.05) is 30.3 Å². The number of nitrogens with one attached hydrogen (secondary N) is 1. The van der Waals surface area contributed by atoms with Gasteiger partial charge in [0.1, 0.15) is 0 Å². The van der Waals surface area contributed by atoms with Crippen molar-refractivity contribution in [3.8, 4) is 0 Å². The lowest BCUT2D eigenvalue weighted by molar-refractivity contribution is -0.119. The Morgan fingerprint density at radius 3 is 2.59 bits per heavy atom.